The summed E-state index contributed by atoms with van der Waals surface area (Å²) in [5, 5.41) is 0. The van der Waals surface area contributed by atoms with E-state index in [0.717, 1.165) is 11.3 Å². The summed E-state index contributed by atoms with van der Waals surface area (Å²) >= 11 is 0. The number of ether oxygens (including phenoxy) is 1. The van der Waals surface area contributed by atoms with E-state index in [-0.39, 0.29) is 11.9 Å². The lowest BCUT2D eigenvalue weighted by molar-refractivity contribution is -0.130. The number of para-hydroxylation sites is 1. The molecule has 1 amide bonds. The van der Waals surface area contributed by atoms with Crippen molar-refractivity contribution in [2.75, 3.05) is 41.3 Å². The largest absolute Gasteiger partial charge is 0.496 e. The third-order valence-corrected chi connectivity index (χ3v) is 3.14. The summed E-state index contributed by atoms with van der Waals surface area (Å²) in [6.45, 7) is 0.754. The smallest absolute Gasteiger partial charge is 0.236 e. The average Bonchev–Trinajstić information content (AvgIpc) is 2.39. The van der Waals surface area contributed by atoms with Crippen LogP contribution < -0.4 is 10.5 Å². The molecule has 0 aliphatic rings. The van der Waals surface area contributed by atoms with Crippen molar-refractivity contribution in [3.63, 3.8) is 0 Å². The second kappa shape index (κ2) is 7.11. The number of carbonyl (C=O) groups excluding carboxylic acids is 1. The second-order valence-electron chi connectivity index (χ2n) is 4.70. The lowest BCUT2D eigenvalue weighted by Gasteiger charge is -2.28. The van der Waals surface area contributed by atoms with Gasteiger partial charge in [0.1, 0.15) is 5.75 Å². The first-order chi connectivity index (χ1) is 9.01. The Bertz CT molecular complexity index is 421. The van der Waals surface area contributed by atoms with Gasteiger partial charge in [-0.25, -0.2) is 0 Å². The van der Waals surface area contributed by atoms with E-state index in [2.05, 4.69) is 0 Å². The van der Waals surface area contributed by atoms with Gasteiger partial charge < -0.3 is 15.4 Å². The lowest BCUT2D eigenvalue weighted by atomic mass is 10.0. The molecule has 106 valence electrons. The molecule has 0 saturated carbocycles. The van der Waals surface area contributed by atoms with E-state index in [9.17, 15) is 4.79 Å². The number of benzene rings is 1. The maximum absolute atomic E-state index is 11.8. The third kappa shape index (κ3) is 3.94. The van der Waals surface area contributed by atoms with Crippen molar-refractivity contribution in [3.05, 3.63) is 29.8 Å². The van der Waals surface area contributed by atoms with Gasteiger partial charge in [-0.3, -0.25) is 9.69 Å². The lowest BCUT2D eigenvalue weighted by Crippen LogP contribution is -2.39. The van der Waals surface area contributed by atoms with Crippen molar-refractivity contribution in [1.82, 2.24) is 9.80 Å². The molecule has 0 heterocycles. The Morgan fingerprint density at radius 3 is 2.47 bits per heavy atom. The molecule has 0 radical (unpaired) electrons. The fourth-order valence-electron chi connectivity index (χ4n) is 1.95. The Morgan fingerprint density at radius 2 is 1.95 bits per heavy atom. The van der Waals surface area contributed by atoms with E-state index in [0.29, 0.717) is 13.1 Å². The minimum Gasteiger partial charge on any atom is -0.496 e. The van der Waals surface area contributed by atoms with Gasteiger partial charge in [0, 0.05) is 26.2 Å². The van der Waals surface area contributed by atoms with Crippen LogP contribution in [0.5, 0.6) is 5.75 Å². The van der Waals surface area contributed by atoms with E-state index in [1.165, 1.54) is 0 Å². The Hall–Kier alpha value is -1.59. The van der Waals surface area contributed by atoms with Crippen LogP contribution in [0.4, 0.5) is 0 Å². The van der Waals surface area contributed by atoms with Crippen LogP contribution in [0.15, 0.2) is 24.3 Å². The molecule has 1 atom stereocenters. The van der Waals surface area contributed by atoms with Crippen LogP contribution in [0.2, 0.25) is 0 Å². The zero-order valence-electron chi connectivity index (χ0n) is 12.1. The zero-order valence-corrected chi connectivity index (χ0v) is 12.1. The van der Waals surface area contributed by atoms with Gasteiger partial charge in [-0.05, 0) is 13.1 Å². The molecule has 5 nitrogen and oxygen atoms in total. The minimum absolute atomic E-state index is 0.0416. The number of rotatable bonds is 6. The number of likely N-dealkylation sites (N-methyl/N-ethyl adjacent to an activating group) is 2. The van der Waals surface area contributed by atoms with Crippen molar-refractivity contribution in [1.29, 1.82) is 0 Å². The minimum atomic E-state index is -0.0416. The molecule has 1 aromatic carbocycles. The molecule has 0 aromatic heterocycles. The maximum Gasteiger partial charge on any atom is 0.236 e. The summed E-state index contributed by atoms with van der Waals surface area (Å²) in [7, 11) is 7.02. The summed E-state index contributed by atoms with van der Waals surface area (Å²) in [5.74, 6) is 0.845. The predicted octanol–water partition coefficient (Wildman–Crippen LogP) is 0.715. The average molecular weight is 265 g/mol. The van der Waals surface area contributed by atoms with E-state index in [4.69, 9.17) is 10.5 Å². The molecule has 0 saturated heterocycles. The number of methoxy groups -OCH3 is 1. The first kappa shape index (κ1) is 15.5. The Morgan fingerprint density at radius 1 is 1.32 bits per heavy atom. The molecule has 1 rings (SSSR count). The predicted molar refractivity (Wildman–Crippen MR) is 76.1 cm³/mol. The van der Waals surface area contributed by atoms with Crippen molar-refractivity contribution in [2.45, 2.75) is 6.04 Å². The van der Waals surface area contributed by atoms with Gasteiger partial charge in [-0.15, -0.1) is 0 Å². The van der Waals surface area contributed by atoms with Gasteiger partial charge in [0.15, 0.2) is 0 Å². The van der Waals surface area contributed by atoms with Gasteiger partial charge >= 0.3 is 0 Å². The number of carbonyl (C=O) groups is 1. The molecule has 1 unspecified atom stereocenters. The molecule has 0 bridgehead atoms. The molecule has 0 fully saturated rings. The molecule has 19 heavy (non-hydrogen) atoms. The summed E-state index contributed by atoms with van der Waals surface area (Å²) in [4.78, 5) is 15.3. The normalized spacial score (nSPS) is 12.3. The summed E-state index contributed by atoms with van der Waals surface area (Å²) in [6, 6.07) is 7.70. The van der Waals surface area contributed by atoms with Crippen molar-refractivity contribution >= 4 is 5.91 Å². The molecule has 0 aliphatic heterocycles. The van der Waals surface area contributed by atoms with Crippen LogP contribution >= 0.6 is 0 Å². The maximum atomic E-state index is 11.8. The number of nitrogens with zero attached hydrogens (tertiary/aromatic N) is 2. The number of hydrogen-bond acceptors (Lipinski definition) is 4. The second-order valence-corrected chi connectivity index (χ2v) is 4.70. The Labute approximate surface area is 114 Å². The molecule has 0 aliphatic carbocycles. The van der Waals surface area contributed by atoms with Gasteiger partial charge in [-0.1, -0.05) is 18.2 Å². The quantitative estimate of drug-likeness (QED) is 0.823. The number of nitrogens with two attached hydrogens (primary N) is 1. The van der Waals surface area contributed by atoms with Crippen LogP contribution in [0.3, 0.4) is 0 Å². The summed E-state index contributed by atoms with van der Waals surface area (Å²) < 4.78 is 5.35. The van der Waals surface area contributed by atoms with E-state index in [1.807, 2.05) is 36.2 Å². The zero-order chi connectivity index (χ0) is 14.4. The standard InChI is InChI=1S/C14H23N3O2/c1-16(2)14(18)10-17(3)12(9-15)11-7-5-6-8-13(11)19-4/h5-8,12H,9-10,15H2,1-4H3. The van der Waals surface area contributed by atoms with Crippen molar-refractivity contribution in [3.8, 4) is 5.75 Å². The topological polar surface area (TPSA) is 58.8 Å². The van der Waals surface area contributed by atoms with E-state index >= 15 is 0 Å². The van der Waals surface area contributed by atoms with Crippen LogP contribution in [0, 0.1) is 0 Å². The van der Waals surface area contributed by atoms with Gasteiger partial charge in [0.25, 0.3) is 0 Å². The number of hydrogen-bond donors (Lipinski definition) is 1. The van der Waals surface area contributed by atoms with Crippen LogP contribution in [-0.2, 0) is 4.79 Å². The van der Waals surface area contributed by atoms with Gasteiger partial charge in [-0.2, -0.15) is 0 Å². The first-order valence-electron chi connectivity index (χ1n) is 6.24. The highest BCUT2D eigenvalue weighted by Gasteiger charge is 2.21. The fraction of sp³-hybridized carbons (Fsp3) is 0.500. The molecular formula is C14H23N3O2. The highest BCUT2D eigenvalue weighted by Crippen LogP contribution is 2.27. The SMILES string of the molecule is COc1ccccc1C(CN)N(C)CC(=O)N(C)C. The highest BCUT2D eigenvalue weighted by molar-refractivity contribution is 5.77. The van der Waals surface area contributed by atoms with Crippen LogP contribution in [-0.4, -0.2) is 57.0 Å². The van der Waals surface area contributed by atoms with E-state index in [1.54, 1.807) is 26.1 Å². The van der Waals surface area contributed by atoms with Crippen molar-refractivity contribution in [2.24, 2.45) is 5.73 Å². The fourth-order valence-corrected chi connectivity index (χ4v) is 1.95. The number of amides is 1. The molecule has 5 heteroatoms. The summed E-state index contributed by atoms with van der Waals surface area (Å²) in [5.41, 5.74) is 6.86. The monoisotopic (exact) mass is 265 g/mol. The molecule has 0 spiro atoms. The molecular weight excluding hydrogens is 242 g/mol. The highest BCUT2D eigenvalue weighted by atomic mass is 16.5. The molecule has 1 aromatic rings. The van der Waals surface area contributed by atoms with Crippen LogP contribution in [0.25, 0.3) is 0 Å². The van der Waals surface area contributed by atoms with Crippen molar-refractivity contribution < 1.29 is 9.53 Å². The van der Waals surface area contributed by atoms with Crippen LogP contribution in [0.1, 0.15) is 11.6 Å². The third-order valence-electron chi connectivity index (χ3n) is 3.14. The molecule has 2 N–H and O–H groups in total. The van der Waals surface area contributed by atoms with E-state index < -0.39 is 0 Å². The first-order valence-corrected chi connectivity index (χ1v) is 6.24. The Balaban J connectivity index is 2.90. The van der Waals surface area contributed by atoms with Gasteiger partial charge in [0.05, 0.1) is 19.7 Å². The van der Waals surface area contributed by atoms with Gasteiger partial charge in [0.2, 0.25) is 5.91 Å². The summed E-state index contributed by atoms with van der Waals surface area (Å²) in [6.07, 6.45) is 0. The Kier molecular flexibility index (Phi) is 5.79.